The van der Waals surface area contributed by atoms with Crippen LogP contribution in [0.25, 0.3) is 11.0 Å². The first-order chi connectivity index (χ1) is 11.5. The third-order valence-electron chi connectivity index (χ3n) is 4.01. The van der Waals surface area contributed by atoms with Crippen LogP contribution in [0.4, 0.5) is 0 Å². The minimum Gasteiger partial charge on any atom is -0.478 e. The number of aliphatic carboxylic acids is 1. The van der Waals surface area contributed by atoms with Crippen LogP contribution in [0.3, 0.4) is 0 Å². The lowest BCUT2D eigenvalue weighted by atomic mass is 10.1. The fourth-order valence-electron chi connectivity index (χ4n) is 2.53. The van der Waals surface area contributed by atoms with E-state index < -0.39 is 17.7 Å². The minimum atomic E-state index is -1.14. The predicted octanol–water partition coefficient (Wildman–Crippen LogP) is 3.61. The molecule has 0 aliphatic heterocycles. The summed E-state index contributed by atoms with van der Waals surface area (Å²) >= 11 is 0. The Hall–Kier alpha value is -3.08. The lowest BCUT2D eigenvalue weighted by Gasteiger charge is -2.16. The van der Waals surface area contributed by atoms with Gasteiger partial charge in [0.25, 0.3) is 0 Å². The molecule has 3 aromatic rings. The van der Waals surface area contributed by atoms with E-state index in [1.54, 1.807) is 55.5 Å². The van der Waals surface area contributed by atoms with E-state index in [-0.39, 0.29) is 0 Å². The fraction of sp³-hybridized carbons (Fsp3) is 0.158. The zero-order chi connectivity index (χ0) is 17.3. The molecule has 0 aliphatic carbocycles. The van der Waals surface area contributed by atoms with Gasteiger partial charge in [0.2, 0.25) is 6.10 Å². The van der Waals surface area contributed by atoms with E-state index in [2.05, 4.69) is 0 Å². The van der Waals surface area contributed by atoms with Crippen LogP contribution >= 0.6 is 0 Å². The quantitative estimate of drug-likeness (QED) is 0.742. The Morgan fingerprint density at radius 3 is 2.46 bits per heavy atom. The first-order valence-corrected chi connectivity index (χ1v) is 7.46. The SMILES string of the molecule is Cc1c(C)c2ccc(O[C@@H](C(=O)O)c3ccccc3)cc2oc1=O. The van der Waals surface area contributed by atoms with Crippen LogP contribution in [0.1, 0.15) is 22.8 Å². The molecule has 24 heavy (non-hydrogen) atoms. The molecule has 1 atom stereocenters. The molecule has 0 saturated carbocycles. The van der Waals surface area contributed by atoms with Gasteiger partial charge in [0.15, 0.2) is 0 Å². The highest BCUT2D eigenvalue weighted by Crippen LogP contribution is 2.27. The van der Waals surface area contributed by atoms with Gasteiger partial charge in [-0.25, -0.2) is 9.59 Å². The summed E-state index contributed by atoms with van der Waals surface area (Å²) in [5.74, 6) is -0.770. The van der Waals surface area contributed by atoms with Crippen LogP contribution in [0.2, 0.25) is 0 Å². The maximum absolute atomic E-state index is 11.8. The van der Waals surface area contributed by atoms with Crippen molar-refractivity contribution in [3.8, 4) is 5.75 Å². The summed E-state index contributed by atoms with van der Waals surface area (Å²) in [7, 11) is 0. The Kier molecular flexibility index (Phi) is 4.08. The Morgan fingerprint density at radius 2 is 1.79 bits per heavy atom. The maximum atomic E-state index is 11.8. The number of carbonyl (C=O) groups is 1. The third-order valence-corrected chi connectivity index (χ3v) is 4.01. The Bertz CT molecular complexity index is 957. The normalized spacial score (nSPS) is 12.1. The molecular weight excluding hydrogens is 308 g/mol. The van der Waals surface area contributed by atoms with Crippen LogP contribution in [0.15, 0.2) is 57.7 Å². The molecule has 0 radical (unpaired) electrons. The summed E-state index contributed by atoms with van der Waals surface area (Å²) in [5, 5.41) is 10.2. The molecule has 5 nitrogen and oxygen atoms in total. The van der Waals surface area contributed by atoms with Crippen molar-refractivity contribution < 1.29 is 19.1 Å². The third kappa shape index (κ3) is 2.88. The number of ether oxygens (including phenoxy) is 1. The van der Waals surface area contributed by atoms with E-state index in [4.69, 9.17) is 9.15 Å². The molecule has 0 unspecified atom stereocenters. The molecule has 1 aromatic heterocycles. The Labute approximate surface area is 138 Å². The van der Waals surface area contributed by atoms with Gasteiger partial charge in [0, 0.05) is 22.6 Å². The van der Waals surface area contributed by atoms with Crippen molar-refractivity contribution in [1.82, 2.24) is 0 Å². The summed E-state index contributed by atoms with van der Waals surface area (Å²) in [6.45, 7) is 3.56. The van der Waals surface area contributed by atoms with Gasteiger partial charge in [0.1, 0.15) is 11.3 Å². The summed E-state index contributed by atoms with van der Waals surface area (Å²) in [5.41, 5.74) is 1.90. The van der Waals surface area contributed by atoms with Crippen LogP contribution in [-0.2, 0) is 4.79 Å². The highest BCUT2D eigenvalue weighted by atomic mass is 16.5. The van der Waals surface area contributed by atoms with Crippen LogP contribution in [-0.4, -0.2) is 11.1 Å². The second kappa shape index (κ2) is 6.20. The molecule has 0 bridgehead atoms. The molecule has 0 fully saturated rings. The topological polar surface area (TPSA) is 76.7 Å². The van der Waals surface area contributed by atoms with Crippen LogP contribution < -0.4 is 10.4 Å². The highest BCUT2D eigenvalue weighted by Gasteiger charge is 2.22. The second-order valence-corrected chi connectivity index (χ2v) is 5.54. The number of rotatable bonds is 4. The van der Waals surface area contributed by atoms with Crippen molar-refractivity contribution in [3.05, 3.63) is 75.6 Å². The lowest BCUT2D eigenvalue weighted by molar-refractivity contribution is -0.145. The number of hydrogen-bond acceptors (Lipinski definition) is 4. The van der Waals surface area contributed by atoms with Crippen molar-refractivity contribution in [2.24, 2.45) is 0 Å². The molecule has 0 amide bonds. The number of carboxylic acids is 1. The molecular formula is C19H16O5. The van der Waals surface area contributed by atoms with Gasteiger partial charge in [-0.3, -0.25) is 0 Å². The summed E-state index contributed by atoms with van der Waals surface area (Å²) in [4.78, 5) is 23.3. The highest BCUT2D eigenvalue weighted by molar-refractivity contribution is 5.82. The maximum Gasteiger partial charge on any atom is 0.349 e. The molecule has 122 valence electrons. The average Bonchev–Trinajstić information content (AvgIpc) is 2.58. The van der Waals surface area contributed by atoms with Gasteiger partial charge in [0.05, 0.1) is 0 Å². The van der Waals surface area contributed by atoms with E-state index in [0.717, 1.165) is 10.9 Å². The molecule has 3 rings (SSSR count). The molecule has 0 spiro atoms. The van der Waals surface area contributed by atoms with Gasteiger partial charge in [-0.05, 0) is 31.5 Å². The summed E-state index contributed by atoms with van der Waals surface area (Å²) < 4.78 is 10.9. The fourth-order valence-corrected chi connectivity index (χ4v) is 2.53. The molecule has 5 heteroatoms. The lowest BCUT2D eigenvalue weighted by Crippen LogP contribution is -2.18. The molecule has 0 aliphatic rings. The van der Waals surface area contributed by atoms with Crippen molar-refractivity contribution in [2.75, 3.05) is 0 Å². The molecule has 1 heterocycles. The summed E-state index contributed by atoms with van der Waals surface area (Å²) in [6.07, 6.45) is -1.14. The van der Waals surface area contributed by atoms with E-state index in [1.165, 1.54) is 0 Å². The Balaban J connectivity index is 2.02. The number of benzene rings is 2. The zero-order valence-corrected chi connectivity index (χ0v) is 13.3. The van der Waals surface area contributed by atoms with E-state index >= 15 is 0 Å². The zero-order valence-electron chi connectivity index (χ0n) is 13.3. The average molecular weight is 324 g/mol. The first-order valence-electron chi connectivity index (χ1n) is 7.46. The number of fused-ring (bicyclic) bond motifs is 1. The van der Waals surface area contributed by atoms with Crippen molar-refractivity contribution >= 4 is 16.9 Å². The number of carboxylic acid groups (broad SMARTS) is 1. The standard InChI is InChI=1S/C19H16O5/c1-11-12(2)19(22)24-16-10-14(8-9-15(11)16)23-17(18(20)21)13-6-4-3-5-7-13/h3-10,17H,1-2H3,(H,20,21)/t17-/m1/s1. The van der Waals surface area contributed by atoms with Gasteiger partial charge in [-0.15, -0.1) is 0 Å². The smallest absolute Gasteiger partial charge is 0.349 e. The largest absolute Gasteiger partial charge is 0.478 e. The van der Waals surface area contributed by atoms with Crippen LogP contribution in [0, 0.1) is 13.8 Å². The summed E-state index contributed by atoms with van der Waals surface area (Å²) in [6, 6.07) is 13.7. The molecule has 0 saturated heterocycles. The molecule has 2 aromatic carbocycles. The monoisotopic (exact) mass is 324 g/mol. The van der Waals surface area contributed by atoms with Gasteiger partial charge < -0.3 is 14.3 Å². The first kappa shape index (κ1) is 15.8. The van der Waals surface area contributed by atoms with Gasteiger partial charge in [-0.1, -0.05) is 30.3 Å². The van der Waals surface area contributed by atoms with Gasteiger partial charge in [-0.2, -0.15) is 0 Å². The number of hydrogen-bond donors (Lipinski definition) is 1. The van der Waals surface area contributed by atoms with E-state index in [9.17, 15) is 14.7 Å². The van der Waals surface area contributed by atoms with E-state index in [1.807, 2.05) is 6.92 Å². The van der Waals surface area contributed by atoms with Crippen molar-refractivity contribution in [2.45, 2.75) is 20.0 Å². The minimum absolute atomic E-state index is 0.324. The number of aryl methyl sites for hydroxylation is 1. The second-order valence-electron chi connectivity index (χ2n) is 5.54. The van der Waals surface area contributed by atoms with Crippen LogP contribution in [0.5, 0.6) is 5.75 Å². The van der Waals surface area contributed by atoms with Crippen molar-refractivity contribution in [3.63, 3.8) is 0 Å². The van der Waals surface area contributed by atoms with E-state index in [0.29, 0.717) is 22.5 Å². The van der Waals surface area contributed by atoms with Gasteiger partial charge >= 0.3 is 11.6 Å². The molecule has 1 N–H and O–H groups in total. The predicted molar refractivity (Wildman–Crippen MR) is 89.4 cm³/mol. The Morgan fingerprint density at radius 1 is 1.08 bits per heavy atom. The van der Waals surface area contributed by atoms with Crippen molar-refractivity contribution in [1.29, 1.82) is 0 Å².